The molecule has 0 aromatic heterocycles. The summed E-state index contributed by atoms with van der Waals surface area (Å²) in [6, 6.07) is 17.4. The van der Waals surface area contributed by atoms with Crippen LogP contribution in [-0.2, 0) is 16.1 Å². The Balaban J connectivity index is 1.60. The van der Waals surface area contributed by atoms with Gasteiger partial charge in [-0.3, -0.25) is 19.4 Å². The van der Waals surface area contributed by atoms with Crippen LogP contribution in [0.15, 0.2) is 65.7 Å². The Labute approximate surface area is 238 Å². The van der Waals surface area contributed by atoms with E-state index < -0.39 is 6.04 Å². The largest absolute Gasteiger partial charge is 0.388 e. The number of nitrogens with one attached hydrogen (secondary N) is 1. The fourth-order valence-corrected chi connectivity index (χ4v) is 4.65. The molecule has 0 bridgehead atoms. The summed E-state index contributed by atoms with van der Waals surface area (Å²) in [6.45, 7) is 2.33. The Kier molecular flexibility index (Phi) is 11.3. The lowest BCUT2D eigenvalue weighted by Gasteiger charge is -2.26. The number of amidine groups is 1. The molecule has 0 radical (unpaired) electrons. The van der Waals surface area contributed by atoms with Crippen molar-refractivity contribution in [3.63, 3.8) is 0 Å². The molecule has 1 unspecified atom stereocenters. The van der Waals surface area contributed by atoms with E-state index in [9.17, 15) is 14.4 Å². The van der Waals surface area contributed by atoms with Crippen molar-refractivity contribution in [3.05, 3.63) is 81.8 Å². The molecule has 0 heterocycles. The van der Waals surface area contributed by atoms with Crippen molar-refractivity contribution in [2.45, 2.75) is 38.8 Å². The zero-order valence-corrected chi connectivity index (χ0v) is 23.3. The van der Waals surface area contributed by atoms with E-state index in [1.165, 1.54) is 4.90 Å². The standard InChI is InChI=1S/C29H33Cl2N5O3/c1-19(32)34-11-4-7-27(33)29(39)36(18-20-13-24(30)16-25(31)14-20)12-10-26(37)17-35-28(38)23-9-8-21-5-2-3-6-22(21)15-23/h2-3,5-6,8-9,13-16,27H,4,7,10-12,17-18,33H2,1H3,(H2,32,34)(H,35,38). The van der Waals surface area contributed by atoms with Gasteiger partial charge in [-0.1, -0.05) is 53.5 Å². The number of hydrogen-bond donors (Lipinski definition) is 3. The highest BCUT2D eigenvalue weighted by Gasteiger charge is 2.22. The highest BCUT2D eigenvalue weighted by Crippen LogP contribution is 2.21. The number of carbonyl (C=O) groups excluding carboxylic acids is 3. The lowest BCUT2D eigenvalue weighted by Crippen LogP contribution is -2.44. The van der Waals surface area contributed by atoms with Crippen LogP contribution in [-0.4, -0.2) is 54.0 Å². The molecule has 1 atom stereocenters. The Morgan fingerprint density at radius 3 is 2.38 bits per heavy atom. The van der Waals surface area contributed by atoms with Crippen molar-refractivity contribution in [3.8, 4) is 0 Å². The van der Waals surface area contributed by atoms with E-state index in [0.717, 1.165) is 10.8 Å². The fraction of sp³-hybridized carbons (Fsp3) is 0.310. The number of rotatable bonds is 13. The molecule has 0 aliphatic heterocycles. The molecule has 0 saturated carbocycles. The van der Waals surface area contributed by atoms with E-state index >= 15 is 0 Å². The average molecular weight is 571 g/mol. The number of Topliss-reactive ketones (excluding diaryl/α,β-unsaturated/α-hetero) is 1. The maximum absolute atomic E-state index is 13.2. The molecule has 2 amide bonds. The van der Waals surface area contributed by atoms with Gasteiger partial charge >= 0.3 is 0 Å². The van der Waals surface area contributed by atoms with E-state index in [1.807, 2.05) is 30.3 Å². The van der Waals surface area contributed by atoms with Crippen LogP contribution < -0.4 is 16.8 Å². The molecule has 0 spiro atoms. The molecule has 39 heavy (non-hydrogen) atoms. The molecule has 10 heteroatoms. The van der Waals surface area contributed by atoms with Crippen LogP contribution in [0.2, 0.25) is 10.0 Å². The number of nitrogens with two attached hydrogens (primary N) is 2. The smallest absolute Gasteiger partial charge is 0.251 e. The third kappa shape index (κ3) is 9.66. The molecule has 0 fully saturated rings. The Morgan fingerprint density at radius 2 is 1.69 bits per heavy atom. The van der Waals surface area contributed by atoms with Gasteiger partial charge in [0.15, 0.2) is 5.78 Å². The quantitative estimate of drug-likeness (QED) is 0.160. The first-order chi connectivity index (χ1) is 18.6. The third-order valence-electron chi connectivity index (χ3n) is 6.08. The van der Waals surface area contributed by atoms with Crippen LogP contribution in [0.5, 0.6) is 0 Å². The van der Waals surface area contributed by atoms with Crippen LogP contribution in [0.25, 0.3) is 10.8 Å². The van der Waals surface area contributed by atoms with Crippen LogP contribution in [0.1, 0.15) is 42.1 Å². The lowest BCUT2D eigenvalue weighted by atomic mass is 10.1. The van der Waals surface area contributed by atoms with Gasteiger partial charge in [0.2, 0.25) is 5.91 Å². The first kappa shape index (κ1) is 30.1. The zero-order valence-electron chi connectivity index (χ0n) is 21.8. The van der Waals surface area contributed by atoms with Crippen LogP contribution in [0.3, 0.4) is 0 Å². The van der Waals surface area contributed by atoms with Gasteiger partial charge in [-0.05, 0) is 66.4 Å². The van der Waals surface area contributed by atoms with Crippen molar-refractivity contribution in [2.24, 2.45) is 16.5 Å². The van der Waals surface area contributed by atoms with Gasteiger partial charge in [-0.15, -0.1) is 0 Å². The molecule has 206 valence electrons. The van der Waals surface area contributed by atoms with Gasteiger partial charge in [0, 0.05) is 41.7 Å². The molecule has 0 aliphatic carbocycles. The predicted molar refractivity (Wildman–Crippen MR) is 157 cm³/mol. The predicted octanol–water partition coefficient (Wildman–Crippen LogP) is 4.35. The molecule has 0 aliphatic rings. The molecular weight excluding hydrogens is 537 g/mol. The van der Waals surface area contributed by atoms with Crippen LogP contribution in [0.4, 0.5) is 0 Å². The van der Waals surface area contributed by atoms with Gasteiger partial charge in [0.1, 0.15) is 0 Å². The Morgan fingerprint density at radius 1 is 1.00 bits per heavy atom. The minimum atomic E-state index is -0.768. The van der Waals surface area contributed by atoms with Crippen molar-refractivity contribution in [1.82, 2.24) is 10.2 Å². The SMILES string of the molecule is CC(N)=NCCCC(N)C(=O)N(CCC(=O)CNC(=O)c1ccc2ccccc2c1)Cc1cc(Cl)cc(Cl)c1. The lowest BCUT2D eigenvalue weighted by molar-refractivity contribution is -0.133. The van der Waals surface area contributed by atoms with Crippen molar-refractivity contribution in [1.29, 1.82) is 0 Å². The van der Waals surface area contributed by atoms with Crippen molar-refractivity contribution < 1.29 is 14.4 Å². The van der Waals surface area contributed by atoms with Crippen molar-refractivity contribution >= 4 is 57.4 Å². The minimum Gasteiger partial charge on any atom is -0.388 e. The summed E-state index contributed by atoms with van der Waals surface area (Å²) in [4.78, 5) is 44.1. The first-order valence-corrected chi connectivity index (χ1v) is 13.4. The average Bonchev–Trinajstić information content (AvgIpc) is 2.90. The summed E-state index contributed by atoms with van der Waals surface area (Å²) in [7, 11) is 0. The van der Waals surface area contributed by atoms with Gasteiger partial charge in [-0.25, -0.2) is 0 Å². The Hall–Kier alpha value is -3.46. The summed E-state index contributed by atoms with van der Waals surface area (Å²) in [6.07, 6.45) is 1.05. The molecule has 3 aromatic carbocycles. The number of benzene rings is 3. The second kappa shape index (κ2) is 14.6. The monoisotopic (exact) mass is 569 g/mol. The number of ketones is 1. The number of amides is 2. The number of hydrogen-bond acceptors (Lipinski definition) is 5. The second-order valence-electron chi connectivity index (χ2n) is 9.34. The number of carbonyl (C=O) groups is 3. The summed E-state index contributed by atoms with van der Waals surface area (Å²) in [5, 5.41) is 5.52. The van der Waals surface area contributed by atoms with Gasteiger partial charge in [-0.2, -0.15) is 0 Å². The van der Waals surface area contributed by atoms with E-state index in [-0.39, 0.29) is 43.7 Å². The number of nitrogens with zero attached hydrogens (tertiary/aromatic N) is 2. The maximum Gasteiger partial charge on any atom is 0.251 e. The highest BCUT2D eigenvalue weighted by molar-refractivity contribution is 6.34. The van der Waals surface area contributed by atoms with Crippen molar-refractivity contribution in [2.75, 3.05) is 19.6 Å². The number of halogens is 2. The molecule has 0 saturated heterocycles. The molecule has 3 rings (SSSR count). The van der Waals surface area contributed by atoms with Crippen LogP contribution in [0, 0.1) is 0 Å². The minimum absolute atomic E-state index is 0.0431. The molecular formula is C29H33Cl2N5O3. The maximum atomic E-state index is 13.2. The summed E-state index contributed by atoms with van der Waals surface area (Å²) in [5.74, 6) is -0.381. The normalized spacial score (nSPS) is 12.3. The first-order valence-electron chi connectivity index (χ1n) is 12.7. The van der Waals surface area contributed by atoms with E-state index in [0.29, 0.717) is 46.4 Å². The second-order valence-corrected chi connectivity index (χ2v) is 10.2. The number of aliphatic imine (C=N–C) groups is 1. The summed E-state index contributed by atoms with van der Waals surface area (Å²) in [5.41, 5.74) is 12.9. The van der Waals surface area contributed by atoms with E-state index in [4.69, 9.17) is 34.7 Å². The summed E-state index contributed by atoms with van der Waals surface area (Å²) < 4.78 is 0. The van der Waals surface area contributed by atoms with Gasteiger partial charge in [0.25, 0.3) is 5.91 Å². The molecule has 8 nitrogen and oxygen atoms in total. The van der Waals surface area contributed by atoms with E-state index in [1.54, 1.807) is 37.3 Å². The highest BCUT2D eigenvalue weighted by atomic mass is 35.5. The Bertz CT molecular complexity index is 1340. The third-order valence-corrected chi connectivity index (χ3v) is 6.51. The number of fused-ring (bicyclic) bond motifs is 1. The van der Waals surface area contributed by atoms with E-state index in [2.05, 4.69) is 10.3 Å². The fourth-order valence-electron chi connectivity index (χ4n) is 4.07. The van der Waals surface area contributed by atoms with Gasteiger partial charge in [0.05, 0.1) is 18.4 Å². The van der Waals surface area contributed by atoms with Crippen LogP contribution >= 0.6 is 23.2 Å². The summed E-state index contributed by atoms with van der Waals surface area (Å²) >= 11 is 12.3. The molecule has 3 aromatic rings. The zero-order chi connectivity index (χ0) is 28.4. The topological polar surface area (TPSA) is 131 Å². The van der Waals surface area contributed by atoms with Gasteiger partial charge < -0.3 is 21.7 Å². The molecule has 5 N–H and O–H groups in total.